The van der Waals surface area contributed by atoms with E-state index >= 15 is 0 Å². The van der Waals surface area contributed by atoms with E-state index in [0.29, 0.717) is 24.1 Å². The molecule has 9 heteroatoms. The van der Waals surface area contributed by atoms with Gasteiger partial charge in [-0.2, -0.15) is 0 Å². The number of amides is 2. The highest BCUT2D eigenvalue weighted by molar-refractivity contribution is 5.97. The summed E-state index contributed by atoms with van der Waals surface area (Å²) in [5, 5.41) is 12.4. The molecule has 0 spiro atoms. The van der Waals surface area contributed by atoms with Crippen molar-refractivity contribution in [3.8, 4) is 0 Å². The van der Waals surface area contributed by atoms with E-state index in [9.17, 15) is 14.4 Å². The highest BCUT2D eigenvalue weighted by Crippen LogP contribution is 2.24. The van der Waals surface area contributed by atoms with Gasteiger partial charge in [0.1, 0.15) is 0 Å². The summed E-state index contributed by atoms with van der Waals surface area (Å²) in [5.74, 6) is -0.669. The van der Waals surface area contributed by atoms with Crippen LogP contribution in [-0.4, -0.2) is 74.1 Å². The third-order valence-corrected chi connectivity index (χ3v) is 4.73. The van der Waals surface area contributed by atoms with Gasteiger partial charge in [-0.05, 0) is 38.1 Å². The number of esters is 1. The molecule has 1 heterocycles. The smallest absolute Gasteiger partial charge is 0.337 e. The Hall–Kier alpha value is -2.94. The molecule has 3 N–H and O–H groups in total. The average Bonchev–Trinajstić information content (AvgIpc) is 3.05. The molecule has 2 amide bonds. The number of rotatable bonds is 6. The number of methoxy groups -OCH3 is 1. The van der Waals surface area contributed by atoms with Crippen LogP contribution in [0.25, 0.3) is 0 Å². The Bertz CT molecular complexity index is 694. The molecule has 0 aromatic heterocycles. The summed E-state index contributed by atoms with van der Waals surface area (Å²) in [6.07, 6.45) is 2.33. The molecule has 0 radical (unpaired) electrons. The number of carboxylic acid groups (broad SMARTS) is 1. The minimum Gasteiger partial charge on any atom is -0.483 e. The molecule has 1 aliphatic heterocycles. The van der Waals surface area contributed by atoms with Gasteiger partial charge in [0, 0.05) is 37.7 Å². The van der Waals surface area contributed by atoms with Crippen LogP contribution in [-0.2, 0) is 14.3 Å². The van der Waals surface area contributed by atoms with E-state index in [1.807, 2.05) is 7.05 Å². The monoisotopic (exact) mass is 393 g/mol. The zero-order chi connectivity index (χ0) is 21.1. The van der Waals surface area contributed by atoms with Gasteiger partial charge in [-0.1, -0.05) is 6.07 Å². The van der Waals surface area contributed by atoms with E-state index in [1.165, 1.54) is 13.2 Å². The van der Waals surface area contributed by atoms with Crippen LogP contribution in [0.1, 0.15) is 40.0 Å². The van der Waals surface area contributed by atoms with Crippen LogP contribution in [0.3, 0.4) is 0 Å². The lowest BCUT2D eigenvalue weighted by Crippen LogP contribution is -2.42. The third kappa shape index (κ3) is 6.66. The first kappa shape index (κ1) is 23.1. The minimum absolute atomic E-state index is 0.0289. The third-order valence-electron chi connectivity index (χ3n) is 4.73. The molecular weight excluding hydrogens is 366 g/mol. The topological polar surface area (TPSA) is 125 Å². The van der Waals surface area contributed by atoms with Crippen molar-refractivity contribution in [3.05, 3.63) is 35.4 Å². The first-order valence-corrected chi connectivity index (χ1v) is 8.84. The maximum Gasteiger partial charge on any atom is 0.337 e. The number of ether oxygens (including phenoxy) is 1. The average molecular weight is 393 g/mol. The molecule has 0 bridgehead atoms. The predicted molar refractivity (Wildman–Crippen MR) is 102 cm³/mol. The highest BCUT2D eigenvalue weighted by Gasteiger charge is 2.31. The molecule has 154 valence electrons. The van der Waals surface area contributed by atoms with Crippen molar-refractivity contribution < 1.29 is 29.0 Å². The molecule has 28 heavy (non-hydrogen) atoms. The maximum absolute atomic E-state index is 12.3. The number of hydrogen-bond acceptors (Lipinski definition) is 6. The number of nitrogens with zero attached hydrogens (tertiary/aromatic N) is 1. The van der Waals surface area contributed by atoms with E-state index in [-0.39, 0.29) is 30.4 Å². The van der Waals surface area contributed by atoms with Crippen molar-refractivity contribution in [2.24, 2.45) is 0 Å². The SMILES string of the molecule is CNC(=O)C[C@H]1CC[C@@H](CNC(=O)c2cccc(C(=O)OC)c2)N1C.O=CO. The Morgan fingerprint density at radius 1 is 1.25 bits per heavy atom. The molecule has 2 atom stereocenters. The van der Waals surface area contributed by atoms with Gasteiger partial charge in [-0.15, -0.1) is 0 Å². The second-order valence-corrected chi connectivity index (χ2v) is 6.32. The number of benzene rings is 1. The van der Waals surface area contributed by atoms with Crippen LogP contribution < -0.4 is 10.6 Å². The number of carbonyl (C=O) groups excluding carboxylic acids is 3. The van der Waals surface area contributed by atoms with Crippen LogP contribution in [0.5, 0.6) is 0 Å². The normalized spacial score (nSPS) is 18.4. The fourth-order valence-electron chi connectivity index (χ4n) is 3.12. The Labute approximate surface area is 164 Å². The van der Waals surface area contributed by atoms with Gasteiger partial charge < -0.3 is 20.5 Å². The quantitative estimate of drug-likeness (QED) is 0.475. The van der Waals surface area contributed by atoms with Crippen LogP contribution in [0.4, 0.5) is 0 Å². The predicted octanol–water partition coefficient (Wildman–Crippen LogP) is 0.503. The number of likely N-dealkylation sites (tertiary alicyclic amines) is 1. The lowest BCUT2D eigenvalue weighted by molar-refractivity contribution is -0.123. The fourth-order valence-corrected chi connectivity index (χ4v) is 3.12. The fraction of sp³-hybridized carbons (Fsp3) is 0.474. The number of likely N-dealkylation sites (N-methyl/N-ethyl adjacent to an activating group) is 1. The van der Waals surface area contributed by atoms with Gasteiger partial charge in [0.05, 0.1) is 12.7 Å². The standard InChI is InChI=1S/C18H25N3O4.CH2O2/c1-19-16(22)10-14-7-8-15(21(14)2)11-20-17(23)12-5-4-6-13(9-12)18(24)25-3;2-1-3/h4-6,9,14-15H,7-8,10-11H2,1-3H3,(H,19,22)(H,20,23);1H,(H,2,3)/t14-,15+;/m1./s1. The molecule has 2 rings (SSSR count). The van der Waals surface area contributed by atoms with Gasteiger partial charge in [-0.25, -0.2) is 4.79 Å². The van der Waals surface area contributed by atoms with Crippen molar-refractivity contribution >= 4 is 24.3 Å². The van der Waals surface area contributed by atoms with Crippen molar-refractivity contribution in [3.63, 3.8) is 0 Å². The molecule has 1 aliphatic rings. The lowest BCUT2D eigenvalue weighted by Gasteiger charge is -2.25. The molecule has 1 fully saturated rings. The molecule has 0 saturated carbocycles. The summed E-state index contributed by atoms with van der Waals surface area (Å²) in [5.41, 5.74) is 0.768. The van der Waals surface area contributed by atoms with E-state index in [4.69, 9.17) is 9.90 Å². The van der Waals surface area contributed by atoms with Gasteiger partial charge in [0.15, 0.2) is 0 Å². The van der Waals surface area contributed by atoms with E-state index in [1.54, 1.807) is 25.2 Å². The second kappa shape index (κ2) is 11.7. The van der Waals surface area contributed by atoms with Crippen molar-refractivity contribution in [1.82, 2.24) is 15.5 Å². The molecule has 0 aliphatic carbocycles. The Morgan fingerprint density at radius 2 is 1.86 bits per heavy atom. The van der Waals surface area contributed by atoms with Crippen molar-refractivity contribution in [1.29, 1.82) is 0 Å². The largest absolute Gasteiger partial charge is 0.483 e. The van der Waals surface area contributed by atoms with E-state index in [0.717, 1.165) is 12.8 Å². The first-order chi connectivity index (χ1) is 13.4. The van der Waals surface area contributed by atoms with Gasteiger partial charge in [0.2, 0.25) is 5.91 Å². The van der Waals surface area contributed by atoms with Crippen LogP contribution in [0.15, 0.2) is 24.3 Å². The lowest BCUT2D eigenvalue weighted by atomic mass is 10.1. The first-order valence-electron chi connectivity index (χ1n) is 8.84. The Kier molecular flexibility index (Phi) is 9.66. The van der Waals surface area contributed by atoms with Gasteiger partial charge in [0.25, 0.3) is 12.4 Å². The number of carbonyl (C=O) groups is 4. The van der Waals surface area contributed by atoms with Crippen LogP contribution >= 0.6 is 0 Å². The summed E-state index contributed by atoms with van der Waals surface area (Å²) in [6, 6.07) is 6.84. The summed E-state index contributed by atoms with van der Waals surface area (Å²) in [6.45, 7) is 0.252. The van der Waals surface area contributed by atoms with Crippen LogP contribution in [0, 0.1) is 0 Å². The molecule has 9 nitrogen and oxygen atoms in total. The van der Waals surface area contributed by atoms with Crippen molar-refractivity contribution in [2.75, 3.05) is 27.7 Å². The van der Waals surface area contributed by atoms with Gasteiger partial charge >= 0.3 is 5.97 Å². The highest BCUT2D eigenvalue weighted by atomic mass is 16.5. The van der Waals surface area contributed by atoms with Gasteiger partial charge in [-0.3, -0.25) is 19.3 Å². The zero-order valence-electron chi connectivity index (χ0n) is 16.3. The molecule has 1 aromatic carbocycles. The molecule has 1 aromatic rings. The number of nitrogens with one attached hydrogen (secondary N) is 2. The summed E-state index contributed by atoms with van der Waals surface area (Å²) in [7, 11) is 4.92. The molecule has 0 unspecified atom stereocenters. The molecule has 1 saturated heterocycles. The van der Waals surface area contributed by atoms with Crippen LogP contribution in [0.2, 0.25) is 0 Å². The molecular formula is C19H27N3O6. The number of hydrogen-bond donors (Lipinski definition) is 3. The zero-order valence-corrected chi connectivity index (χ0v) is 16.3. The Balaban J connectivity index is 0.00000122. The van der Waals surface area contributed by atoms with E-state index in [2.05, 4.69) is 20.3 Å². The second-order valence-electron chi connectivity index (χ2n) is 6.32. The summed E-state index contributed by atoms with van der Waals surface area (Å²) < 4.78 is 4.67. The van der Waals surface area contributed by atoms with Crippen molar-refractivity contribution in [2.45, 2.75) is 31.3 Å². The summed E-state index contributed by atoms with van der Waals surface area (Å²) in [4.78, 5) is 45.9. The maximum atomic E-state index is 12.3. The Morgan fingerprint density at radius 3 is 2.46 bits per heavy atom. The van der Waals surface area contributed by atoms with E-state index < -0.39 is 5.97 Å². The summed E-state index contributed by atoms with van der Waals surface area (Å²) >= 11 is 0. The minimum atomic E-state index is -0.470.